The van der Waals surface area contributed by atoms with Gasteiger partial charge in [0, 0.05) is 24.7 Å². The van der Waals surface area contributed by atoms with Gasteiger partial charge in [0.1, 0.15) is 0 Å². The lowest BCUT2D eigenvalue weighted by molar-refractivity contribution is 0.0812. The first-order valence-electron chi connectivity index (χ1n) is 7.41. The Morgan fingerprint density at radius 3 is 2.28 bits per heavy atom. The summed E-state index contributed by atoms with van der Waals surface area (Å²) in [5.41, 5.74) is 0.0832. The highest BCUT2D eigenvalue weighted by atomic mass is 16.3. The van der Waals surface area contributed by atoms with Gasteiger partial charge in [0.25, 0.3) is 0 Å². The molecule has 1 atom stereocenters. The molecule has 0 spiro atoms. The number of hydrogen-bond donors (Lipinski definition) is 2. The zero-order valence-electron chi connectivity index (χ0n) is 12.9. The van der Waals surface area contributed by atoms with Gasteiger partial charge < -0.3 is 15.3 Å². The van der Waals surface area contributed by atoms with Gasteiger partial charge in [-0.15, -0.1) is 0 Å². The normalized spacial score (nSPS) is 27.5. The summed E-state index contributed by atoms with van der Waals surface area (Å²) in [5, 5.41) is 13.4. The summed E-state index contributed by atoms with van der Waals surface area (Å²) in [6.07, 6.45) is 4.98. The Kier molecular flexibility index (Phi) is 6.09. The lowest BCUT2D eigenvalue weighted by Gasteiger charge is -2.35. The third kappa shape index (κ3) is 6.17. The topological polar surface area (TPSA) is 35.5 Å². The molecule has 0 aliphatic heterocycles. The Hall–Kier alpha value is -0.120. The molecule has 1 fully saturated rings. The van der Waals surface area contributed by atoms with E-state index in [1.807, 2.05) is 0 Å². The Morgan fingerprint density at radius 1 is 1.22 bits per heavy atom. The fourth-order valence-electron chi connectivity index (χ4n) is 2.65. The van der Waals surface area contributed by atoms with Gasteiger partial charge in [0.05, 0.1) is 6.10 Å². The maximum Gasteiger partial charge on any atom is 0.0791 e. The van der Waals surface area contributed by atoms with Crippen molar-refractivity contribution in [2.45, 2.75) is 71.1 Å². The highest BCUT2D eigenvalue weighted by Crippen LogP contribution is 2.26. The molecule has 1 aliphatic carbocycles. The molecule has 1 unspecified atom stereocenters. The first-order valence-corrected chi connectivity index (χ1v) is 7.41. The second kappa shape index (κ2) is 6.88. The minimum absolute atomic E-state index is 0.0832. The molecule has 0 aromatic rings. The van der Waals surface area contributed by atoms with E-state index in [9.17, 15) is 5.11 Å². The van der Waals surface area contributed by atoms with Crippen LogP contribution in [0.2, 0.25) is 0 Å². The molecule has 1 rings (SSSR count). The second-order valence-electron chi connectivity index (χ2n) is 7.14. The molecule has 1 aliphatic rings. The molecule has 18 heavy (non-hydrogen) atoms. The van der Waals surface area contributed by atoms with Crippen LogP contribution in [0.15, 0.2) is 0 Å². The molecule has 2 N–H and O–H groups in total. The van der Waals surface area contributed by atoms with Gasteiger partial charge in [-0.3, -0.25) is 0 Å². The maximum absolute atomic E-state index is 10.1. The summed E-state index contributed by atoms with van der Waals surface area (Å²) in [5.74, 6) is 0.891. The molecule has 0 saturated heterocycles. The summed E-state index contributed by atoms with van der Waals surface area (Å²) in [6, 6.07) is 0.672. The molecule has 0 radical (unpaired) electrons. The SMILES string of the molecule is CC1CCC(N(C)CC(O)CNC(C)(C)C)CC1. The second-order valence-corrected chi connectivity index (χ2v) is 7.14. The van der Waals surface area contributed by atoms with Crippen molar-refractivity contribution in [2.24, 2.45) is 5.92 Å². The van der Waals surface area contributed by atoms with Gasteiger partial charge >= 0.3 is 0 Å². The molecule has 1 saturated carbocycles. The van der Waals surface area contributed by atoms with Crippen LogP contribution in [-0.4, -0.2) is 47.8 Å². The fraction of sp³-hybridized carbons (Fsp3) is 1.00. The van der Waals surface area contributed by atoms with E-state index in [1.54, 1.807) is 0 Å². The van der Waals surface area contributed by atoms with Crippen molar-refractivity contribution < 1.29 is 5.11 Å². The molecule has 0 heterocycles. The van der Waals surface area contributed by atoms with Crippen LogP contribution in [0.5, 0.6) is 0 Å². The Balaban J connectivity index is 2.24. The molecule has 3 nitrogen and oxygen atoms in total. The minimum Gasteiger partial charge on any atom is -0.390 e. The molecule has 0 bridgehead atoms. The van der Waals surface area contributed by atoms with E-state index >= 15 is 0 Å². The average Bonchev–Trinajstić information content (AvgIpc) is 2.26. The highest BCUT2D eigenvalue weighted by Gasteiger charge is 2.23. The lowest BCUT2D eigenvalue weighted by Crippen LogP contribution is -2.46. The van der Waals surface area contributed by atoms with E-state index in [0.717, 1.165) is 12.5 Å². The van der Waals surface area contributed by atoms with Gasteiger partial charge in [-0.05, 0) is 59.4 Å². The predicted molar refractivity (Wildman–Crippen MR) is 77.8 cm³/mol. The zero-order chi connectivity index (χ0) is 13.8. The number of hydrogen-bond acceptors (Lipinski definition) is 3. The summed E-state index contributed by atoms with van der Waals surface area (Å²) in [7, 11) is 2.15. The number of nitrogens with zero attached hydrogens (tertiary/aromatic N) is 1. The van der Waals surface area contributed by atoms with Crippen molar-refractivity contribution in [3.05, 3.63) is 0 Å². The van der Waals surface area contributed by atoms with Gasteiger partial charge in [-0.25, -0.2) is 0 Å². The Morgan fingerprint density at radius 2 is 1.78 bits per heavy atom. The largest absolute Gasteiger partial charge is 0.390 e. The van der Waals surface area contributed by atoms with Crippen LogP contribution in [0.1, 0.15) is 53.4 Å². The van der Waals surface area contributed by atoms with Crippen molar-refractivity contribution in [3.63, 3.8) is 0 Å². The molecule has 3 heteroatoms. The molecular formula is C15H32N2O. The molecule has 0 amide bonds. The average molecular weight is 256 g/mol. The van der Waals surface area contributed by atoms with Crippen molar-refractivity contribution >= 4 is 0 Å². The third-order valence-corrected chi connectivity index (χ3v) is 3.98. The summed E-state index contributed by atoms with van der Waals surface area (Å²) in [4.78, 5) is 2.35. The van der Waals surface area contributed by atoms with E-state index in [4.69, 9.17) is 0 Å². The number of β-amino-alcohol motifs (C(OH)–C–C–N with tert-alkyl or cyclic N) is 1. The van der Waals surface area contributed by atoms with Crippen LogP contribution in [0, 0.1) is 5.92 Å². The summed E-state index contributed by atoms with van der Waals surface area (Å²) in [6.45, 7) is 10.2. The van der Waals surface area contributed by atoms with Crippen molar-refractivity contribution in [2.75, 3.05) is 20.1 Å². The number of nitrogens with one attached hydrogen (secondary N) is 1. The molecule has 0 aromatic heterocycles. The highest BCUT2D eigenvalue weighted by molar-refractivity contribution is 4.79. The molecular weight excluding hydrogens is 224 g/mol. The summed E-state index contributed by atoms with van der Waals surface area (Å²) >= 11 is 0. The number of likely N-dealkylation sites (N-methyl/N-ethyl adjacent to an activating group) is 1. The van der Waals surface area contributed by atoms with Gasteiger partial charge in [-0.2, -0.15) is 0 Å². The quantitative estimate of drug-likeness (QED) is 0.792. The minimum atomic E-state index is -0.270. The first kappa shape index (κ1) is 15.9. The molecule has 0 aromatic carbocycles. The maximum atomic E-state index is 10.1. The van der Waals surface area contributed by atoms with Crippen LogP contribution in [0.25, 0.3) is 0 Å². The van der Waals surface area contributed by atoms with E-state index in [1.165, 1.54) is 25.7 Å². The number of rotatable bonds is 5. The number of aliphatic hydroxyl groups is 1. The van der Waals surface area contributed by atoms with Gasteiger partial charge in [0.2, 0.25) is 0 Å². The van der Waals surface area contributed by atoms with E-state index < -0.39 is 0 Å². The van der Waals surface area contributed by atoms with Crippen LogP contribution in [0.3, 0.4) is 0 Å². The fourth-order valence-corrected chi connectivity index (χ4v) is 2.65. The van der Waals surface area contributed by atoms with Crippen LogP contribution < -0.4 is 5.32 Å². The number of aliphatic hydroxyl groups excluding tert-OH is 1. The van der Waals surface area contributed by atoms with Crippen molar-refractivity contribution in [1.29, 1.82) is 0 Å². The van der Waals surface area contributed by atoms with Crippen LogP contribution in [0.4, 0.5) is 0 Å². The first-order chi connectivity index (χ1) is 8.28. The van der Waals surface area contributed by atoms with E-state index in [-0.39, 0.29) is 11.6 Å². The zero-order valence-corrected chi connectivity index (χ0v) is 12.9. The predicted octanol–water partition coefficient (Wildman–Crippen LogP) is 2.25. The molecule has 108 valence electrons. The Labute approximate surface area is 113 Å². The standard InChI is InChI=1S/C15H32N2O/c1-12-6-8-13(9-7-12)17(5)11-14(18)10-16-15(2,3)4/h12-14,16,18H,6-11H2,1-5H3. The third-order valence-electron chi connectivity index (χ3n) is 3.98. The summed E-state index contributed by atoms with van der Waals surface area (Å²) < 4.78 is 0. The van der Waals surface area contributed by atoms with E-state index in [2.05, 4.69) is 45.0 Å². The van der Waals surface area contributed by atoms with Gasteiger partial charge in [-0.1, -0.05) is 6.92 Å². The van der Waals surface area contributed by atoms with Gasteiger partial charge in [0.15, 0.2) is 0 Å². The van der Waals surface area contributed by atoms with E-state index in [0.29, 0.717) is 12.6 Å². The van der Waals surface area contributed by atoms with Crippen molar-refractivity contribution in [1.82, 2.24) is 10.2 Å². The smallest absolute Gasteiger partial charge is 0.0791 e. The Bertz CT molecular complexity index is 229. The van der Waals surface area contributed by atoms with Crippen LogP contribution in [-0.2, 0) is 0 Å². The van der Waals surface area contributed by atoms with Crippen molar-refractivity contribution in [3.8, 4) is 0 Å². The van der Waals surface area contributed by atoms with Crippen LogP contribution >= 0.6 is 0 Å². The lowest BCUT2D eigenvalue weighted by atomic mass is 9.86. The monoisotopic (exact) mass is 256 g/mol.